The second-order valence-corrected chi connectivity index (χ2v) is 5.97. The summed E-state index contributed by atoms with van der Waals surface area (Å²) < 4.78 is 24.7. The molecule has 0 atom stereocenters. The number of hydrogen-bond donors (Lipinski definition) is 0. The minimum atomic E-state index is -0.408. The molecular weight excluding hydrogens is 335 g/mol. The van der Waals surface area contributed by atoms with E-state index in [2.05, 4.69) is 20.3 Å². The van der Waals surface area contributed by atoms with Crippen molar-refractivity contribution >= 4 is 0 Å². The Balaban J connectivity index is 1.55. The number of aryl methyl sites for hydroxylation is 2. The molecule has 0 aliphatic heterocycles. The van der Waals surface area contributed by atoms with Crippen LogP contribution < -0.4 is 0 Å². The average Bonchev–Trinajstić information content (AvgIpc) is 3.28. The van der Waals surface area contributed by atoms with Gasteiger partial charge in [-0.25, -0.2) is 4.39 Å². The molecule has 4 aromatic rings. The first-order valence-electron chi connectivity index (χ1n) is 8.07. The largest absolute Gasteiger partial charge is 0.420 e. The summed E-state index contributed by atoms with van der Waals surface area (Å²) in [6.45, 7) is 4.07. The molecule has 7 heteroatoms. The molecule has 0 saturated carbocycles. The number of rotatable bonds is 4. The maximum Gasteiger partial charge on any atom is 0.247 e. The Morgan fingerprint density at radius 3 is 2.62 bits per heavy atom. The summed E-state index contributed by atoms with van der Waals surface area (Å²) in [6, 6.07) is 12.2. The van der Waals surface area contributed by atoms with Crippen molar-refractivity contribution in [2.75, 3.05) is 0 Å². The van der Waals surface area contributed by atoms with Crippen molar-refractivity contribution in [3.63, 3.8) is 0 Å². The highest BCUT2D eigenvalue weighted by atomic mass is 19.1. The van der Waals surface area contributed by atoms with E-state index in [9.17, 15) is 4.39 Å². The van der Waals surface area contributed by atoms with Crippen LogP contribution in [0.2, 0.25) is 0 Å². The smallest absolute Gasteiger partial charge is 0.247 e. The van der Waals surface area contributed by atoms with E-state index in [1.807, 2.05) is 32.0 Å². The molecule has 0 saturated heterocycles. The Kier molecular flexibility index (Phi) is 4.04. The molecule has 0 unspecified atom stereocenters. The van der Waals surface area contributed by atoms with Gasteiger partial charge < -0.3 is 8.94 Å². The average molecular weight is 350 g/mol. The summed E-state index contributed by atoms with van der Waals surface area (Å²) in [7, 11) is 0. The maximum atomic E-state index is 13.8. The predicted octanol–water partition coefficient (Wildman–Crippen LogP) is 4.13. The van der Waals surface area contributed by atoms with Crippen molar-refractivity contribution in [1.29, 1.82) is 0 Å². The van der Waals surface area contributed by atoms with Gasteiger partial charge in [-0.1, -0.05) is 23.4 Å². The van der Waals surface area contributed by atoms with E-state index in [4.69, 9.17) is 8.94 Å². The Morgan fingerprint density at radius 2 is 1.81 bits per heavy atom. The molecule has 0 fully saturated rings. The molecule has 0 radical (unpaired) electrons. The van der Waals surface area contributed by atoms with Crippen molar-refractivity contribution in [3.05, 3.63) is 71.2 Å². The molecule has 0 bridgehead atoms. The van der Waals surface area contributed by atoms with E-state index >= 15 is 0 Å². The molecule has 2 aromatic carbocycles. The summed E-state index contributed by atoms with van der Waals surface area (Å²) >= 11 is 0. The number of benzene rings is 2. The molecule has 6 nitrogen and oxygen atoms in total. The molecule has 4 rings (SSSR count). The monoisotopic (exact) mass is 350 g/mol. The standard InChI is InChI=1S/C19H15FN4O2/c1-11-7-8-13(9-12(11)2)19-23-22-17(25-19)10-16-21-18(24-26-16)14-5-3-4-6-15(14)20/h3-9H,10H2,1-2H3. The summed E-state index contributed by atoms with van der Waals surface area (Å²) in [5.41, 5.74) is 3.47. The van der Waals surface area contributed by atoms with Gasteiger partial charge in [0.1, 0.15) is 12.2 Å². The van der Waals surface area contributed by atoms with Crippen LogP contribution in [-0.2, 0) is 6.42 Å². The highest BCUT2D eigenvalue weighted by molar-refractivity contribution is 5.56. The Labute approximate surface area is 148 Å². The normalized spacial score (nSPS) is 11.0. The van der Waals surface area contributed by atoms with E-state index in [0.29, 0.717) is 11.8 Å². The zero-order valence-corrected chi connectivity index (χ0v) is 14.2. The van der Waals surface area contributed by atoms with Crippen LogP contribution in [0.15, 0.2) is 51.4 Å². The number of halogens is 1. The molecule has 130 valence electrons. The van der Waals surface area contributed by atoms with Crippen LogP contribution in [0, 0.1) is 19.7 Å². The van der Waals surface area contributed by atoms with Crippen molar-refractivity contribution < 1.29 is 13.3 Å². The molecule has 0 spiro atoms. The van der Waals surface area contributed by atoms with Gasteiger partial charge in [0.05, 0.1) is 5.56 Å². The van der Waals surface area contributed by atoms with Crippen LogP contribution in [0.5, 0.6) is 0 Å². The van der Waals surface area contributed by atoms with Gasteiger partial charge in [0.25, 0.3) is 0 Å². The maximum absolute atomic E-state index is 13.8. The van der Waals surface area contributed by atoms with Crippen molar-refractivity contribution in [3.8, 4) is 22.8 Å². The van der Waals surface area contributed by atoms with Gasteiger partial charge in [0.15, 0.2) is 0 Å². The molecule has 26 heavy (non-hydrogen) atoms. The van der Waals surface area contributed by atoms with Crippen molar-refractivity contribution in [2.45, 2.75) is 20.3 Å². The van der Waals surface area contributed by atoms with Crippen LogP contribution >= 0.6 is 0 Å². The lowest BCUT2D eigenvalue weighted by Crippen LogP contribution is -1.90. The molecule has 0 N–H and O–H groups in total. The van der Waals surface area contributed by atoms with E-state index in [-0.39, 0.29) is 23.7 Å². The van der Waals surface area contributed by atoms with Gasteiger partial charge in [-0.3, -0.25) is 0 Å². The van der Waals surface area contributed by atoms with Gasteiger partial charge in [-0.2, -0.15) is 4.98 Å². The third-order valence-corrected chi connectivity index (χ3v) is 4.11. The van der Waals surface area contributed by atoms with Gasteiger partial charge in [-0.15, -0.1) is 10.2 Å². The minimum absolute atomic E-state index is 0.180. The van der Waals surface area contributed by atoms with Crippen LogP contribution in [0.4, 0.5) is 4.39 Å². The zero-order chi connectivity index (χ0) is 18.1. The highest BCUT2D eigenvalue weighted by Crippen LogP contribution is 2.23. The van der Waals surface area contributed by atoms with Gasteiger partial charge in [-0.05, 0) is 49.2 Å². The second-order valence-electron chi connectivity index (χ2n) is 5.97. The fraction of sp³-hybridized carbons (Fsp3) is 0.158. The third-order valence-electron chi connectivity index (χ3n) is 4.11. The van der Waals surface area contributed by atoms with Crippen molar-refractivity contribution in [2.24, 2.45) is 0 Å². The molecule has 0 aliphatic rings. The molecule has 2 heterocycles. The first-order chi connectivity index (χ1) is 12.6. The van der Waals surface area contributed by atoms with Crippen molar-refractivity contribution in [1.82, 2.24) is 20.3 Å². The van der Waals surface area contributed by atoms with E-state index in [0.717, 1.165) is 11.1 Å². The Bertz CT molecular complexity index is 1070. The summed E-state index contributed by atoms with van der Waals surface area (Å²) in [4.78, 5) is 4.20. The predicted molar refractivity (Wildman–Crippen MR) is 91.7 cm³/mol. The van der Waals surface area contributed by atoms with E-state index in [1.165, 1.54) is 11.6 Å². The van der Waals surface area contributed by atoms with E-state index in [1.54, 1.807) is 18.2 Å². The summed E-state index contributed by atoms with van der Waals surface area (Å²) in [5.74, 6) is 0.833. The van der Waals surface area contributed by atoms with Crippen LogP contribution in [0.3, 0.4) is 0 Å². The van der Waals surface area contributed by atoms with Gasteiger partial charge >= 0.3 is 0 Å². The minimum Gasteiger partial charge on any atom is -0.420 e. The lowest BCUT2D eigenvalue weighted by molar-refractivity contribution is 0.373. The zero-order valence-electron chi connectivity index (χ0n) is 14.2. The number of aromatic nitrogens is 4. The molecular formula is C19H15FN4O2. The fourth-order valence-electron chi connectivity index (χ4n) is 2.52. The molecule has 0 aliphatic carbocycles. The summed E-state index contributed by atoms with van der Waals surface area (Å²) in [5, 5.41) is 11.9. The number of nitrogens with zero attached hydrogens (tertiary/aromatic N) is 4. The lowest BCUT2D eigenvalue weighted by Gasteiger charge is -2.00. The fourth-order valence-corrected chi connectivity index (χ4v) is 2.52. The van der Waals surface area contributed by atoms with Crippen LogP contribution in [0.1, 0.15) is 22.9 Å². The lowest BCUT2D eigenvalue weighted by atomic mass is 10.1. The van der Waals surface area contributed by atoms with Crippen LogP contribution in [-0.4, -0.2) is 20.3 Å². The quantitative estimate of drug-likeness (QED) is 0.551. The van der Waals surface area contributed by atoms with Gasteiger partial charge in [0.2, 0.25) is 23.5 Å². The topological polar surface area (TPSA) is 77.8 Å². The second kappa shape index (κ2) is 6.51. The summed E-state index contributed by atoms with van der Waals surface area (Å²) in [6.07, 6.45) is 0.180. The first kappa shape index (κ1) is 16.1. The third kappa shape index (κ3) is 3.11. The molecule has 2 aromatic heterocycles. The van der Waals surface area contributed by atoms with Gasteiger partial charge in [0, 0.05) is 5.56 Å². The molecule has 0 amide bonds. The SMILES string of the molecule is Cc1ccc(-c2nnc(Cc3nc(-c4ccccc4F)no3)o2)cc1C. The Morgan fingerprint density at radius 1 is 0.962 bits per heavy atom. The first-order valence-corrected chi connectivity index (χ1v) is 8.07. The van der Waals surface area contributed by atoms with E-state index < -0.39 is 5.82 Å². The number of hydrogen-bond acceptors (Lipinski definition) is 6. The highest BCUT2D eigenvalue weighted by Gasteiger charge is 2.16. The Hall–Kier alpha value is -3.35. The van der Waals surface area contributed by atoms with Crippen LogP contribution in [0.25, 0.3) is 22.8 Å².